The van der Waals surface area contributed by atoms with Crippen LogP contribution in [0.15, 0.2) is 73.2 Å². The number of H-pyrrole nitrogens is 1. The van der Waals surface area contributed by atoms with E-state index in [9.17, 15) is 8.42 Å². The van der Waals surface area contributed by atoms with Crippen molar-refractivity contribution in [2.45, 2.75) is 0 Å². The van der Waals surface area contributed by atoms with Crippen molar-refractivity contribution in [3.05, 3.63) is 73.2 Å². The van der Waals surface area contributed by atoms with E-state index in [2.05, 4.69) is 20.0 Å². The summed E-state index contributed by atoms with van der Waals surface area (Å²) < 4.78 is 26.1. The first-order valence-electron chi connectivity index (χ1n) is 8.34. The van der Waals surface area contributed by atoms with E-state index in [-0.39, 0.29) is 0 Å². The highest BCUT2D eigenvalue weighted by molar-refractivity contribution is 7.92. The molecule has 27 heavy (non-hydrogen) atoms. The molecule has 0 radical (unpaired) electrons. The van der Waals surface area contributed by atoms with E-state index < -0.39 is 10.0 Å². The van der Waals surface area contributed by atoms with Gasteiger partial charge in [-0.25, -0.2) is 8.42 Å². The predicted molar refractivity (Wildman–Crippen MR) is 110 cm³/mol. The molecule has 6 nitrogen and oxygen atoms in total. The number of fused-ring (bicyclic) bond motifs is 1. The highest BCUT2D eigenvalue weighted by Gasteiger charge is 2.10. The van der Waals surface area contributed by atoms with Crippen LogP contribution in [0.2, 0.25) is 0 Å². The maximum Gasteiger partial charge on any atom is 0.229 e. The SMILES string of the molecule is CS(=O)(=O)Nc1cc(Nc2cccnc2)cc(-c2cccc3[nH]ccc23)c1. The zero-order valence-electron chi connectivity index (χ0n) is 14.6. The van der Waals surface area contributed by atoms with Gasteiger partial charge in [-0.15, -0.1) is 0 Å². The molecule has 2 aromatic carbocycles. The van der Waals surface area contributed by atoms with Gasteiger partial charge in [-0.3, -0.25) is 9.71 Å². The van der Waals surface area contributed by atoms with E-state index in [1.807, 2.05) is 54.7 Å². The van der Waals surface area contributed by atoms with Gasteiger partial charge >= 0.3 is 0 Å². The van der Waals surface area contributed by atoms with E-state index in [4.69, 9.17) is 0 Å². The number of nitrogens with zero attached hydrogens (tertiary/aromatic N) is 1. The molecule has 136 valence electrons. The van der Waals surface area contributed by atoms with Gasteiger partial charge < -0.3 is 10.3 Å². The highest BCUT2D eigenvalue weighted by atomic mass is 32.2. The third-order valence-electron chi connectivity index (χ3n) is 4.09. The van der Waals surface area contributed by atoms with E-state index in [1.165, 1.54) is 0 Å². The van der Waals surface area contributed by atoms with Gasteiger partial charge in [0.1, 0.15) is 0 Å². The first-order valence-corrected chi connectivity index (χ1v) is 10.2. The fourth-order valence-electron chi connectivity index (χ4n) is 3.07. The summed E-state index contributed by atoms with van der Waals surface area (Å²) in [5, 5.41) is 4.35. The normalized spacial score (nSPS) is 11.4. The van der Waals surface area contributed by atoms with Crippen LogP contribution >= 0.6 is 0 Å². The van der Waals surface area contributed by atoms with Crippen LogP contribution in [0.25, 0.3) is 22.0 Å². The summed E-state index contributed by atoms with van der Waals surface area (Å²) in [6.45, 7) is 0. The number of pyridine rings is 1. The highest BCUT2D eigenvalue weighted by Crippen LogP contribution is 2.33. The molecule has 0 saturated carbocycles. The number of anilines is 3. The second-order valence-electron chi connectivity index (χ2n) is 6.28. The van der Waals surface area contributed by atoms with Crippen LogP contribution in [0.4, 0.5) is 17.1 Å². The molecular formula is C20H18N4O2S. The Morgan fingerprint density at radius 3 is 2.59 bits per heavy atom. The minimum atomic E-state index is -3.39. The molecule has 7 heteroatoms. The number of rotatable bonds is 5. The van der Waals surface area contributed by atoms with Crippen LogP contribution in [-0.2, 0) is 10.0 Å². The number of hydrogen-bond acceptors (Lipinski definition) is 4. The number of nitrogens with one attached hydrogen (secondary N) is 3. The van der Waals surface area contributed by atoms with E-state index >= 15 is 0 Å². The van der Waals surface area contributed by atoms with Gasteiger partial charge in [0.25, 0.3) is 0 Å². The molecule has 4 rings (SSSR count). The van der Waals surface area contributed by atoms with Crippen molar-refractivity contribution in [2.75, 3.05) is 16.3 Å². The second-order valence-corrected chi connectivity index (χ2v) is 8.03. The third-order valence-corrected chi connectivity index (χ3v) is 4.70. The average Bonchev–Trinajstić information content (AvgIpc) is 3.09. The monoisotopic (exact) mass is 378 g/mol. The molecule has 0 saturated heterocycles. The Morgan fingerprint density at radius 2 is 1.81 bits per heavy atom. The summed E-state index contributed by atoms with van der Waals surface area (Å²) in [6.07, 6.45) is 6.44. The Morgan fingerprint density at radius 1 is 0.963 bits per heavy atom. The van der Waals surface area contributed by atoms with Crippen LogP contribution in [0.5, 0.6) is 0 Å². The molecule has 3 N–H and O–H groups in total. The molecule has 0 aliphatic heterocycles. The molecule has 0 atom stereocenters. The van der Waals surface area contributed by atoms with E-state index in [0.717, 1.165) is 39.7 Å². The molecule has 0 amide bonds. The molecule has 0 bridgehead atoms. The molecule has 0 fully saturated rings. The Bertz CT molecular complexity index is 1200. The van der Waals surface area contributed by atoms with Crippen molar-refractivity contribution >= 4 is 38.0 Å². The summed E-state index contributed by atoms with van der Waals surface area (Å²) >= 11 is 0. The van der Waals surface area contributed by atoms with Gasteiger partial charge in [-0.2, -0.15) is 0 Å². The third kappa shape index (κ3) is 3.93. The summed E-state index contributed by atoms with van der Waals surface area (Å²) in [7, 11) is -3.39. The Balaban J connectivity index is 1.84. The lowest BCUT2D eigenvalue weighted by Crippen LogP contribution is -2.09. The maximum absolute atomic E-state index is 11.7. The summed E-state index contributed by atoms with van der Waals surface area (Å²) in [6, 6.07) is 17.3. The van der Waals surface area contributed by atoms with Crippen molar-refractivity contribution in [2.24, 2.45) is 0 Å². The van der Waals surface area contributed by atoms with Gasteiger partial charge in [-0.05, 0) is 53.6 Å². The van der Waals surface area contributed by atoms with Crippen LogP contribution in [0, 0.1) is 0 Å². The van der Waals surface area contributed by atoms with Crippen molar-refractivity contribution < 1.29 is 8.42 Å². The standard InChI is InChI=1S/C20H18N4O2S/c1-27(25,26)24-17-11-14(18-5-2-6-20-19(18)7-9-22-20)10-16(12-17)23-15-4-3-8-21-13-15/h2-13,22-24H,1H3. The topological polar surface area (TPSA) is 86.9 Å². The van der Waals surface area contributed by atoms with E-state index in [0.29, 0.717) is 5.69 Å². The summed E-state index contributed by atoms with van der Waals surface area (Å²) in [4.78, 5) is 7.30. The summed E-state index contributed by atoms with van der Waals surface area (Å²) in [5.74, 6) is 0. The molecule has 4 aromatic rings. The van der Waals surface area contributed by atoms with Crippen molar-refractivity contribution in [1.82, 2.24) is 9.97 Å². The molecule has 0 aliphatic rings. The largest absolute Gasteiger partial charge is 0.361 e. The van der Waals surface area contributed by atoms with Crippen molar-refractivity contribution in [1.29, 1.82) is 0 Å². The van der Waals surface area contributed by atoms with Gasteiger partial charge in [0.05, 0.1) is 23.8 Å². The predicted octanol–water partition coefficient (Wildman–Crippen LogP) is 4.35. The second kappa shape index (κ2) is 6.77. The van der Waals surface area contributed by atoms with Crippen LogP contribution < -0.4 is 10.0 Å². The van der Waals surface area contributed by atoms with E-state index in [1.54, 1.807) is 18.5 Å². The fraction of sp³-hybridized carbons (Fsp3) is 0.0500. The Kier molecular flexibility index (Phi) is 4.29. The van der Waals surface area contributed by atoms with Crippen molar-refractivity contribution in [3.8, 4) is 11.1 Å². The molecule has 0 unspecified atom stereocenters. The molecule has 2 heterocycles. The minimum Gasteiger partial charge on any atom is -0.361 e. The lowest BCUT2D eigenvalue weighted by Gasteiger charge is -2.13. The number of hydrogen-bond donors (Lipinski definition) is 3. The molecule has 2 aromatic heterocycles. The minimum absolute atomic E-state index is 0.494. The van der Waals surface area contributed by atoms with Crippen LogP contribution in [0.3, 0.4) is 0 Å². The number of sulfonamides is 1. The zero-order chi connectivity index (χ0) is 18.9. The van der Waals surface area contributed by atoms with Gasteiger partial charge in [0, 0.05) is 29.0 Å². The fourth-order valence-corrected chi connectivity index (χ4v) is 3.61. The van der Waals surface area contributed by atoms with Gasteiger partial charge in [0.2, 0.25) is 10.0 Å². The van der Waals surface area contributed by atoms with Gasteiger partial charge in [-0.1, -0.05) is 12.1 Å². The van der Waals surface area contributed by atoms with Crippen LogP contribution in [0.1, 0.15) is 0 Å². The zero-order valence-corrected chi connectivity index (χ0v) is 15.4. The molecular weight excluding hydrogens is 360 g/mol. The lowest BCUT2D eigenvalue weighted by atomic mass is 10.0. The quantitative estimate of drug-likeness (QED) is 0.482. The van der Waals surface area contributed by atoms with Crippen molar-refractivity contribution in [3.63, 3.8) is 0 Å². The number of aromatic nitrogens is 2. The number of aromatic amines is 1. The molecule has 0 spiro atoms. The summed E-state index contributed by atoms with van der Waals surface area (Å²) in [5.41, 5.74) is 5.02. The number of benzene rings is 2. The maximum atomic E-state index is 11.7. The molecule has 0 aliphatic carbocycles. The Hall–Kier alpha value is -3.32. The van der Waals surface area contributed by atoms with Crippen LogP contribution in [-0.4, -0.2) is 24.6 Å². The van der Waals surface area contributed by atoms with Gasteiger partial charge in [0.15, 0.2) is 0 Å². The Labute approximate surface area is 157 Å². The first-order chi connectivity index (χ1) is 13.0. The first kappa shape index (κ1) is 17.1. The smallest absolute Gasteiger partial charge is 0.229 e. The lowest BCUT2D eigenvalue weighted by molar-refractivity contribution is 0.607. The average molecular weight is 378 g/mol.